The van der Waals surface area contributed by atoms with E-state index in [2.05, 4.69) is 0 Å². The van der Waals surface area contributed by atoms with Gasteiger partial charge in [0.2, 0.25) is 0 Å². The zero-order chi connectivity index (χ0) is 3.58. The second kappa shape index (κ2) is 15.8. The van der Waals surface area contributed by atoms with E-state index in [9.17, 15) is 0 Å². The molecule has 48 valence electrons. The van der Waals surface area contributed by atoms with Crippen molar-refractivity contribution in [3.8, 4) is 0 Å². The van der Waals surface area contributed by atoms with Gasteiger partial charge in [-0.15, -0.1) is 0 Å². The molecule has 2 radical (unpaired) electrons. The molecule has 0 bridgehead atoms. The van der Waals surface area contributed by atoms with Crippen LogP contribution < -0.4 is 0 Å². The zero-order valence-corrected chi connectivity index (χ0v) is 6.21. The van der Waals surface area contributed by atoms with Gasteiger partial charge in [0.25, 0.3) is 0 Å². The maximum Gasteiger partial charge on any atom is 0.631 e. The van der Waals surface area contributed by atoms with Gasteiger partial charge in [-0.25, -0.2) is 0 Å². The Balaban J connectivity index is -0.0000000150. The summed E-state index contributed by atoms with van der Waals surface area (Å²) < 4.78 is 0. The maximum absolute atomic E-state index is 7.17. The molecule has 3 N–H and O–H groups in total. The molecule has 7 heteroatoms. The van der Waals surface area contributed by atoms with E-state index in [0.717, 1.165) is 0 Å². The van der Waals surface area contributed by atoms with Crippen LogP contribution >= 0.6 is 0 Å². The summed E-state index contributed by atoms with van der Waals surface area (Å²) in [5, 5.41) is 21.5. The van der Waals surface area contributed by atoms with E-state index in [1.165, 1.54) is 0 Å². The minimum atomic E-state index is -2.17. The molecule has 0 aliphatic carbocycles. The number of rotatable bonds is 0. The van der Waals surface area contributed by atoms with E-state index in [-0.39, 0.29) is 80.1 Å². The van der Waals surface area contributed by atoms with Crippen molar-refractivity contribution in [3.63, 3.8) is 0 Å². The van der Waals surface area contributed by atoms with Crippen molar-refractivity contribution in [1.82, 2.24) is 0 Å². The van der Waals surface area contributed by atoms with E-state index in [0.29, 0.717) is 0 Å². The molecule has 0 saturated heterocycles. The van der Waals surface area contributed by atoms with Crippen molar-refractivity contribution in [2.24, 2.45) is 0 Å². The summed E-state index contributed by atoms with van der Waals surface area (Å²) in [6.07, 6.45) is 0. The summed E-state index contributed by atoms with van der Waals surface area (Å²) >= 11 is 0. The third-order valence-corrected chi connectivity index (χ3v) is 0. The van der Waals surface area contributed by atoms with Gasteiger partial charge in [0, 0.05) is 62.7 Å². The summed E-state index contributed by atoms with van der Waals surface area (Å²) in [6, 6.07) is 0. The first-order valence-electron chi connectivity index (χ1n) is 0.775. The van der Waals surface area contributed by atoms with Gasteiger partial charge in [0.15, 0.2) is 17.4 Å². The van der Waals surface area contributed by atoms with Crippen LogP contribution in [0.15, 0.2) is 0 Å². The summed E-state index contributed by atoms with van der Waals surface area (Å²) in [5.74, 6) is 0. The molecule has 0 aromatic carbocycles. The normalized spacial score (nSPS) is 3.86. The van der Waals surface area contributed by atoms with Crippen LogP contribution in [0.4, 0.5) is 0 Å². The van der Waals surface area contributed by atoms with Gasteiger partial charge in [-0.1, -0.05) is 0 Å². The van der Waals surface area contributed by atoms with Crippen LogP contribution in [0, 0.1) is 36.9 Å². The van der Waals surface area contributed by atoms with Gasteiger partial charge in [-0.2, -0.15) is 0 Å². The Hall–Kier alpha value is 2.58. The Kier molecular flexibility index (Phi) is 51.2. The molecular formula is H6AlBLuO3Sc. The maximum atomic E-state index is 7.17. The monoisotopic (exact) mass is 312 g/mol. The van der Waals surface area contributed by atoms with Crippen LogP contribution in [-0.2, 0) is 25.8 Å². The fourth-order valence-corrected chi connectivity index (χ4v) is 0. The fraction of sp³-hybridized carbons (Fsp3) is 0. The SMILES string of the molecule is OB(O)O.[AlH3].[Lu].[Sc]. The van der Waals surface area contributed by atoms with Crippen molar-refractivity contribution in [1.29, 1.82) is 0 Å². The van der Waals surface area contributed by atoms with Crippen molar-refractivity contribution < 1.29 is 77.8 Å². The standard InChI is InChI=1S/Al.BH3O3.Lu.Sc.3H/c;2-1(3)4;;;;;/h;2-4H;;;;;. The van der Waals surface area contributed by atoms with Crippen molar-refractivity contribution in [2.75, 3.05) is 0 Å². The molecule has 0 spiro atoms. The van der Waals surface area contributed by atoms with E-state index >= 15 is 0 Å². The van der Waals surface area contributed by atoms with Gasteiger partial charge in [-0.3, -0.25) is 0 Å². The molecule has 0 atom stereocenters. The first-order valence-corrected chi connectivity index (χ1v) is 0.775. The van der Waals surface area contributed by atoms with E-state index in [4.69, 9.17) is 15.1 Å². The summed E-state index contributed by atoms with van der Waals surface area (Å²) in [5.41, 5.74) is 0. The van der Waals surface area contributed by atoms with Gasteiger partial charge in [0.05, 0.1) is 0 Å². The molecular weight excluding hydrogens is 306 g/mol. The number of hydrogen-bond acceptors (Lipinski definition) is 3. The van der Waals surface area contributed by atoms with Crippen molar-refractivity contribution in [2.45, 2.75) is 0 Å². The van der Waals surface area contributed by atoms with Gasteiger partial charge >= 0.3 is 7.32 Å². The van der Waals surface area contributed by atoms with Crippen LogP contribution in [0.5, 0.6) is 0 Å². The largest absolute Gasteiger partial charge is 0.631 e. The summed E-state index contributed by atoms with van der Waals surface area (Å²) in [7, 11) is -2.17. The molecule has 3 nitrogen and oxygen atoms in total. The second-order valence-corrected chi connectivity index (χ2v) is 0.346. The first kappa shape index (κ1) is 22.6. The molecule has 0 unspecified atom stereocenters. The topological polar surface area (TPSA) is 60.7 Å². The molecule has 0 fully saturated rings. The molecule has 0 saturated carbocycles. The predicted molar refractivity (Wildman–Crippen MR) is 22.3 cm³/mol. The molecule has 7 heavy (non-hydrogen) atoms. The average molecular weight is 312 g/mol. The zero-order valence-electron chi connectivity index (χ0n) is 2.75. The smallest absolute Gasteiger partial charge is 0.402 e. The minimum absolute atomic E-state index is 0. The van der Waals surface area contributed by atoms with E-state index < -0.39 is 7.32 Å². The van der Waals surface area contributed by atoms with Gasteiger partial charge in [0.1, 0.15) is 0 Å². The molecule has 0 amide bonds. The average Bonchev–Trinajstić information content (AvgIpc) is 0.811. The van der Waals surface area contributed by atoms with Crippen molar-refractivity contribution >= 4 is 24.7 Å². The van der Waals surface area contributed by atoms with Crippen LogP contribution in [-0.4, -0.2) is 39.8 Å². The quantitative estimate of drug-likeness (QED) is 0.412. The second-order valence-electron chi connectivity index (χ2n) is 0.346. The Morgan fingerprint density at radius 2 is 1.00 bits per heavy atom. The van der Waals surface area contributed by atoms with Gasteiger partial charge in [-0.05, 0) is 0 Å². The van der Waals surface area contributed by atoms with Gasteiger partial charge < -0.3 is 15.1 Å². The third kappa shape index (κ3) is 55.8. The Morgan fingerprint density at radius 3 is 1.00 bits per heavy atom. The summed E-state index contributed by atoms with van der Waals surface area (Å²) in [4.78, 5) is 0. The van der Waals surface area contributed by atoms with E-state index in [1.54, 1.807) is 0 Å². The number of hydrogen-bond donors (Lipinski definition) is 3. The Labute approximate surface area is 101 Å². The van der Waals surface area contributed by atoms with Crippen LogP contribution in [0.3, 0.4) is 0 Å². The fourth-order valence-electron chi connectivity index (χ4n) is 0. The molecule has 0 heterocycles. The van der Waals surface area contributed by atoms with E-state index in [1.807, 2.05) is 0 Å². The molecule has 0 aromatic heterocycles. The molecule has 0 aliphatic heterocycles. The van der Waals surface area contributed by atoms with Crippen LogP contribution in [0.2, 0.25) is 0 Å². The van der Waals surface area contributed by atoms with Crippen LogP contribution in [0.1, 0.15) is 0 Å². The minimum Gasteiger partial charge on any atom is -0.402 e. The Morgan fingerprint density at radius 1 is 1.00 bits per heavy atom. The van der Waals surface area contributed by atoms with Crippen molar-refractivity contribution in [3.05, 3.63) is 0 Å². The predicted octanol–water partition coefficient (Wildman–Crippen LogP) is -3.24. The first-order chi connectivity index (χ1) is 1.73. The molecule has 0 rings (SSSR count). The molecule has 0 aromatic rings. The Bertz CT molecular complexity index is 19.7. The molecule has 0 aliphatic rings. The van der Waals surface area contributed by atoms with Crippen LogP contribution in [0.25, 0.3) is 0 Å². The summed E-state index contributed by atoms with van der Waals surface area (Å²) in [6.45, 7) is 0. The third-order valence-electron chi connectivity index (χ3n) is 0.